The van der Waals surface area contributed by atoms with Crippen LogP contribution in [0.2, 0.25) is 0 Å². The van der Waals surface area contributed by atoms with Crippen LogP contribution in [0.3, 0.4) is 0 Å². The first-order valence-electron chi connectivity index (χ1n) is 6.48. The Labute approximate surface area is 118 Å². The molecule has 0 fully saturated rings. The van der Waals surface area contributed by atoms with Crippen molar-refractivity contribution in [1.82, 2.24) is 0 Å². The molecule has 1 atom stereocenters. The maximum Gasteiger partial charge on any atom is 0.0930 e. The zero-order valence-electron chi connectivity index (χ0n) is 10.8. The van der Waals surface area contributed by atoms with E-state index in [1.54, 1.807) is 0 Å². The van der Waals surface area contributed by atoms with Crippen LogP contribution < -0.4 is 0 Å². The van der Waals surface area contributed by atoms with Gasteiger partial charge in [-0.25, -0.2) is 0 Å². The molecule has 0 amide bonds. The quantitative estimate of drug-likeness (QED) is 0.663. The molecule has 0 saturated heterocycles. The molecule has 1 unspecified atom stereocenters. The molecule has 0 radical (unpaired) electrons. The van der Waals surface area contributed by atoms with E-state index >= 15 is 0 Å². The summed E-state index contributed by atoms with van der Waals surface area (Å²) in [5, 5.41) is 0.00889. The lowest BCUT2D eigenvalue weighted by molar-refractivity contribution is 0.911. The van der Waals surface area contributed by atoms with Gasteiger partial charge in [-0.15, -0.1) is 22.9 Å². The first-order chi connectivity index (χ1) is 8.65. The molecular weight excluding hydrogens is 260 g/mol. The van der Waals surface area contributed by atoms with Gasteiger partial charge in [-0.3, -0.25) is 0 Å². The van der Waals surface area contributed by atoms with E-state index in [2.05, 4.69) is 38.1 Å². The number of aryl methyl sites for hydroxylation is 4. The van der Waals surface area contributed by atoms with E-state index in [4.69, 9.17) is 11.6 Å². The summed E-state index contributed by atoms with van der Waals surface area (Å²) >= 11 is 8.48. The Balaban J connectivity index is 1.97. The first kappa shape index (κ1) is 12.3. The monoisotopic (exact) mass is 276 g/mol. The summed E-state index contributed by atoms with van der Waals surface area (Å²) in [5.74, 6) is 0. The maximum atomic E-state index is 6.66. The van der Waals surface area contributed by atoms with Gasteiger partial charge in [0.1, 0.15) is 0 Å². The Kier molecular flexibility index (Phi) is 3.21. The molecule has 94 valence electrons. The first-order valence-corrected chi connectivity index (χ1v) is 7.73. The molecular formula is C16H17ClS. The predicted octanol–water partition coefficient (Wildman–Crippen LogP) is 5.18. The van der Waals surface area contributed by atoms with Crippen molar-refractivity contribution >= 4 is 22.9 Å². The Morgan fingerprint density at radius 1 is 1.11 bits per heavy atom. The minimum Gasteiger partial charge on any atom is -0.143 e. The minimum absolute atomic E-state index is 0.00889. The van der Waals surface area contributed by atoms with Gasteiger partial charge in [-0.1, -0.05) is 18.2 Å². The lowest BCUT2D eigenvalue weighted by Crippen LogP contribution is -1.94. The average molecular weight is 277 g/mol. The molecule has 3 rings (SSSR count). The Hall–Kier alpha value is -0.790. The number of thiophene rings is 1. The van der Waals surface area contributed by atoms with Gasteiger partial charge in [-0.2, -0.15) is 0 Å². The van der Waals surface area contributed by atoms with Crippen LogP contribution in [0, 0.1) is 13.8 Å². The van der Waals surface area contributed by atoms with Gasteiger partial charge in [0.2, 0.25) is 0 Å². The largest absolute Gasteiger partial charge is 0.143 e. The molecule has 1 aromatic carbocycles. The summed E-state index contributed by atoms with van der Waals surface area (Å²) in [6.45, 7) is 4.30. The van der Waals surface area contributed by atoms with Crippen molar-refractivity contribution in [3.8, 4) is 0 Å². The van der Waals surface area contributed by atoms with Gasteiger partial charge in [0.15, 0.2) is 0 Å². The lowest BCUT2D eigenvalue weighted by atomic mass is 10.0. The fourth-order valence-electron chi connectivity index (χ4n) is 2.81. The van der Waals surface area contributed by atoms with Crippen LogP contribution in [-0.2, 0) is 12.8 Å². The smallest absolute Gasteiger partial charge is 0.0930 e. The van der Waals surface area contributed by atoms with Crippen molar-refractivity contribution < 1.29 is 0 Å². The zero-order chi connectivity index (χ0) is 12.7. The number of hydrogen-bond donors (Lipinski definition) is 0. The highest BCUT2D eigenvalue weighted by Gasteiger charge is 2.18. The third kappa shape index (κ3) is 2.10. The van der Waals surface area contributed by atoms with Crippen LogP contribution in [0.25, 0.3) is 0 Å². The van der Waals surface area contributed by atoms with E-state index in [-0.39, 0.29) is 5.38 Å². The van der Waals surface area contributed by atoms with E-state index in [9.17, 15) is 0 Å². The van der Waals surface area contributed by atoms with Gasteiger partial charge >= 0.3 is 0 Å². The van der Waals surface area contributed by atoms with Crippen molar-refractivity contribution in [3.63, 3.8) is 0 Å². The van der Waals surface area contributed by atoms with Crippen molar-refractivity contribution in [2.24, 2.45) is 0 Å². The summed E-state index contributed by atoms with van der Waals surface area (Å²) in [6, 6.07) is 9.01. The lowest BCUT2D eigenvalue weighted by Gasteiger charge is -2.11. The van der Waals surface area contributed by atoms with E-state index in [0.29, 0.717) is 0 Å². The molecule has 1 aliphatic carbocycles. The third-order valence-corrected chi connectivity index (χ3v) is 5.54. The highest BCUT2D eigenvalue weighted by Crippen LogP contribution is 2.37. The molecule has 0 nitrogen and oxygen atoms in total. The molecule has 1 aliphatic rings. The number of benzene rings is 1. The molecule has 0 bridgehead atoms. The molecule has 2 heteroatoms. The number of rotatable bonds is 2. The normalized spacial score (nSPS) is 15.7. The van der Waals surface area contributed by atoms with E-state index in [1.807, 2.05) is 11.3 Å². The molecule has 18 heavy (non-hydrogen) atoms. The van der Waals surface area contributed by atoms with E-state index < -0.39 is 0 Å². The molecule has 1 heterocycles. The highest BCUT2D eigenvalue weighted by atomic mass is 35.5. The number of halogens is 1. The van der Waals surface area contributed by atoms with Gasteiger partial charge in [0.05, 0.1) is 5.38 Å². The summed E-state index contributed by atoms with van der Waals surface area (Å²) in [7, 11) is 0. The zero-order valence-corrected chi connectivity index (χ0v) is 12.4. The van der Waals surface area contributed by atoms with Crippen LogP contribution in [-0.4, -0.2) is 0 Å². The molecule has 2 aromatic rings. The molecule has 0 N–H and O–H groups in total. The van der Waals surface area contributed by atoms with Crippen molar-refractivity contribution in [2.45, 2.75) is 38.5 Å². The fraction of sp³-hybridized carbons (Fsp3) is 0.375. The molecule has 1 aromatic heterocycles. The topological polar surface area (TPSA) is 0 Å². The van der Waals surface area contributed by atoms with Crippen LogP contribution >= 0.6 is 22.9 Å². The number of fused-ring (bicyclic) bond motifs is 1. The Bertz CT molecular complexity index is 583. The van der Waals surface area contributed by atoms with Crippen molar-refractivity contribution in [1.29, 1.82) is 0 Å². The summed E-state index contributed by atoms with van der Waals surface area (Å²) in [6.07, 6.45) is 3.75. The van der Waals surface area contributed by atoms with Gasteiger partial charge < -0.3 is 0 Å². The second-order valence-electron chi connectivity index (χ2n) is 5.15. The predicted molar refractivity (Wildman–Crippen MR) is 80.0 cm³/mol. The van der Waals surface area contributed by atoms with E-state index in [0.717, 1.165) is 0 Å². The summed E-state index contributed by atoms with van der Waals surface area (Å²) in [5.41, 5.74) is 5.59. The number of alkyl halides is 1. The molecule has 0 saturated carbocycles. The number of hydrogen-bond acceptors (Lipinski definition) is 1. The third-order valence-electron chi connectivity index (χ3n) is 3.72. The second-order valence-corrected chi connectivity index (χ2v) is 6.87. The van der Waals surface area contributed by atoms with Crippen molar-refractivity contribution in [3.05, 3.63) is 56.3 Å². The van der Waals surface area contributed by atoms with Crippen LogP contribution in [0.4, 0.5) is 0 Å². The van der Waals surface area contributed by atoms with Gasteiger partial charge in [0.25, 0.3) is 0 Å². The second kappa shape index (κ2) is 4.71. The Morgan fingerprint density at radius 2 is 1.89 bits per heavy atom. The standard InChI is InChI=1S/C16H17ClS/c1-10-8-11(2)18-16(10)15(17)14-7-6-12-4-3-5-13(12)9-14/h6-9,15H,3-5H2,1-2H3. The minimum atomic E-state index is 0.00889. The van der Waals surface area contributed by atoms with Crippen LogP contribution in [0.5, 0.6) is 0 Å². The fourth-order valence-corrected chi connectivity index (χ4v) is 4.30. The molecule has 0 spiro atoms. The van der Waals surface area contributed by atoms with Crippen LogP contribution in [0.15, 0.2) is 24.3 Å². The summed E-state index contributed by atoms with van der Waals surface area (Å²) in [4.78, 5) is 2.64. The summed E-state index contributed by atoms with van der Waals surface area (Å²) < 4.78 is 0. The Morgan fingerprint density at radius 3 is 2.61 bits per heavy atom. The molecule has 0 aliphatic heterocycles. The van der Waals surface area contributed by atoms with Crippen molar-refractivity contribution in [2.75, 3.05) is 0 Å². The van der Waals surface area contributed by atoms with E-state index in [1.165, 1.54) is 51.3 Å². The van der Waals surface area contributed by atoms with Crippen LogP contribution in [0.1, 0.15) is 43.8 Å². The van der Waals surface area contributed by atoms with Gasteiger partial charge in [0, 0.05) is 9.75 Å². The maximum absolute atomic E-state index is 6.66. The average Bonchev–Trinajstić information content (AvgIpc) is 2.93. The van der Waals surface area contributed by atoms with Gasteiger partial charge in [-0.05, 0) is 61.4 Å². The SMILES string of the molecule is Cc1cc(C)c(C(Cl)c2ccc3c(c2)CCC3)s1. The highest BCUT2D eigenvalue weighted by molar-refractivity contribution is 7.12.